The second kappa shape index (κ2) is 7.90. The molecule has 10 heavy (non-hydrogen) atoms. The van der Waals surface area contributed by atoms with Crippen LogP contribution in [0.25, 0.3) is 0 Å². The van der Waals surface area contributed by atoms with E-state index in [1.165, 1.54) is 0 Å². The number of hydrogen-bond acceptors (Lipinski definition) is 0. The van der Waals surface area contributed by atoms with Gasteiger partial charge in [-0.25, -0.2) is 0 Å². The zero-order chi connectivity index (χ0) is 9.00. The van der Waals surface area contributed by atoms with Crippen molar-refractivity contribution < 1.29 is 0 Å². The van der Waals surface area contributed by atoms with E-state index in [0.717, 1.165) is 0 Å². The standard InChI is InChI=1S/4BrH.4ClH.2Sn/h8*1H;;/q;;;;;;;;2*+4/p-8. The van der Waals surface area contributed by atoms with Gasteiger partial charge in [0, 0.05) is 0 Å². The molecule has 0 radical (unpaired) electrons. The van der Waals surface area contributed by atoms with E-state index in [-0.39, 0.29) is 0 Å². The van der Waals surface area contributed by atoms with Crippen molar-refractivity contribution in [1.82, 2.24) is 0 Å². The molecule has 0 aliphatic heterocycles. The summed E-state index contributed by atoms with van der Waals surface area (Å²) in [6.07, 6.45) is 0. The van der Waals surface area contributed by atoms with E-state index in [9.17, 15) is 0 Å². The monoisotopic (exact) mass is 695 g/mol. The van der Waals surface area contributed by atoms with Gasteiger partial charge in [-0.2, -0.15) is 0 Å². The molecule has 0 saturated heterocycles. The fourth-order valence-electron chi connectivity index (χ4n) is 0. The minimum absolute atomic E-state index is 1.93. The molecule has 0 N–H and O–H groups in total. The van der Waals surface area contributed by atoms with Crippen LogP contribution in [0.3, 0.4) is 0 Å². The van der Waals surface area contributed by atoms with Crippen molar-refractivity contribution in [2.24, 2.45) is 0 Å². The second-order valence-corrected chi connectivity index (χ2v) is 103. The number of hydrogen-bond donors (Lipinski definition) is 0. The molecule has 0 aliphatic carbocycles. The molecular weight excluding hydrogens is 699 g/mol. The van der Waals surface area contributed by atoms with E-state index in [1.807, 2.05) is 0 Å². The van der Waals surface area contributed by atoms with Gasteiger partial charge in [-0.1, -0.05) is 0 Å². The van der Waals surface area contributed by atoms with Crippen LogP contribution in [0.15, 0.2) is 0 Å². The van der Waals surface area contributed by atoms with Gasteiger partial charge in [0.15, 0.2) is 0 Å². The first-order valence-electron chi connectivity index (χ1n) is 1.51. The molecule has 0 fully saturated rings. The molecule has 0 saturated carbocycles. The van der Waals surface area contributed by atoms with Gasteiger partial charge < -0.3 is 0 Å². The fraction of sp³-hybridized carbons (Fsp3) is 0. The Kier molecular flexibility index (Phi) is 13.5. The number of halogens is 8. The third kappa shape index (κ3) is 79.0. The Morgan fingerprint density at radius 3 is 0.700 bits per heavy atom. The Bertz CT molecular complexity index is 58.2. The quantitative estimate of drug-likeness (QED) is 0.299. The molecule has 0 bridgehead atoms. The molecule has 0 unspecified atom stereocenters. The van der Waals surface area contributed by atoms with E-state index < -0.39 is 23.4 Å². The van der Waals surface area contributed by atoms with E-state index in [1.54, 1.807) is 0 Å². The van der Waals surface area contributed by atoms with Gasteiger partial charge in [0.05, 0.1) is 0 Å². The van der Waals surface area contributed by atoms with Crippen molar-refractivity contribution in [3.05, 3.63) is 0 Å². The van der Waals surface area contributed by atoms with Crippen LogP contribution in [0.2, 0.25) is 0 Å². The van der Waals surface area contributed by atoms with Gasteiger partial charge in [0.2, 0.25) is 0 Å². The van der Waals surface area contributed by atoms with Crippen LogP contribution in [-0.2, 0) is 0 Å². The normalized spacial score (nSPS) is 12.0. The third-order valence-corrected chi connectivity index (χ3v) is 0. The van der Waals surface area contributed by atoms with Crippen LogP contribution in [-0.4, -0.2) is 23.4 Å². The average Bonchev–Trinajstić information content (AvgIpc) is 1.12. The van der Waals surface area contributed by atoms with Crippen LogP contribution in [0.5, 0.6) is 0 Å². The summed E-state index contributed by atoms with van der Waals surface area (Å²) in [5, 5.41) is 0. The first kappa shape index (κ1) is 17.1. The molecule has 0 nitrogen and oxygen atoms in total. The molecule has 0 amide bonds. The van der Waals surface area contributed by atoms with Crippen LogP contribution >= 0.6 is 86.5 Å². The topological polar surface area (TPSA) is 0 Å². The van der Waals surface area contributed by atoms with Gasteiger partial charge in [-0.15, -0.1) is 0 Å². The summed E-state index contributed by atoms with van der Waals surface area (Å²) in [6, 6.07) is 0. The molecular formula is Br4Cl4Sn2. The zero-order valence-electron chi connectivity index (χ0n) is 4.02. The van der Waals surface area contributed by atoms with E-state index in [2.05, 4.69) is 50.8 Å². The van der Waals surface area contributed by atoms with E-state index >= 15 is 0 Å². The fourth-order valence-corrected chi connectivity index (χ4v) is 0. The summed E-state index contributed by atoms with van der Waals surface area (Å²) in [6.45, 7) is 0. The maximum atomic E-state index is 5.04. The van der Waals surface area contributed by atoms with Crippen molar-refractivity contribution in [3.63, 3.8) is 0 Å². The van der Waals surface area contributed by atoms with Crippen LogP contribution in [0, 0.1) is 0 Å². The summed E-state index contributed by atoms with van der Waals surface area (Å²) in [5.74, 6) is 0. The van der Waals surface area contributed by atoms with Gasteiger partial charge in [0.1, 0.15) is 0 Å². The van der Waals surface area contributed by atoms with Gasteiger partial charge in [-0.3, -0.25) is 0 Å². The summed E-state index contributed by atoms with van der Waals surface area (Å²) >= 11 is 10.0. The molecule has 0 rings (SSSR count). The third-order valence-electron chi connectivity index (χ3n) is 0. The molecule has 0 aliphatic rings. The molecule has 0 aromatic rings. The Balaban J connectivity index is 0. The Morgan fingerprint density at radius 2 is 0.700 bits per heavy atom. The van der Waals surface area contributed by atoms with Crippen LogP contribution in [0.4, 0.5) is 0 Å². The molecule has 0 aromatic carbocycles. The molecule has 0 atom stereocenters. The Hall–Kier alpha value is 4.68. The van der Waals surface area contributed by atoms with Gasteiger partial charge in [0.25, 0.3) is 0 Å². The second-order valence-electron chi connectivity index (χ2n) is 0.857. The molecule has 0 spiro atoms. The van der Waals surface area contributed by atoms with Crippen LogP contribution < -0.4 is 0 Å². The summed E-state index contributed by atoms with van der Waals surface area (Å²) in [7, 11) is 18.2. The molecule has 10 heteroatoms. The van der Waals surface area contributed by atoms with Crippen molar-refractivity contribution in [2.75, 3.05) is 0 Å². The van der Waals surface area contributed by atoms with Crippen molar-refractivity contribution in [3.8, 4) is 0 Å². The minimum atomic E-state index is -3.29. The predicted octanol–water partition coefficient (Wildman–Crippen LogP) is 5.38. The average molecular weight is 699 g/mol. The van der Waals surface area contributed by atoms with Crippen molar-refractivity contribution in [2.45, 2.75) is 0 Å². The van der Waals surface area contributed by atoms with Crippen molar-refractivity contribution in [1.29, 1.82) is 0 Å². The van der Waals surface area contributed by atoms with E-state index in [4.69, 9.17) is 35.7 Å². The molecule has 64 valence electrons. The summed E-state index contributed by atoms with van der Waals surface area (Å²) in [4.78, 5) is 0. The van der Waals surface area contributed by atoms with Crippen molar-refractivity contribution >= 4 is 110 Å². The molecule has 0 aromatic heterocycles. The molecule has 0 heterocycles. The predicted molar refractivity (Wildman–Crippen MR) is 70.6 cm³/mol. The Morgan fingerprint density at radius 1 is 0.700 bits per heavy atom. The first-order valence-corrected chi connectivity index (χ1v) is 41.6. The van der Waals surface area contributed by atoms with Crippen LogP contribution in [0.1, 0.15) is 0 Å². The first-order chi connectivity index (χ1) is 4.00. The number of rotatable bonds is 0. The zero-order valence-corrected chi connectivity index (χ0v) is 19.1. The SMILES string of the molecule is [Br][Sn]([Br])([Br])[Br].[Cl][Sn]([Cl])([Cl])[Cl]. The summed E-state index contributed by atoms with van der Waals surface area (Å²) < 4.78 is 0. The van der Waals surface area contributed by atoms with E-state index in [0.29, 0.717) is 0 Å². The summed E-state index contributed by atoms with van der Waals surface area (Å²) in [5.41, 5.74) is 0. The van der Waals surface area contributed by atoms with Gasteiger partial charge >= 0.3 is 110 Å². The van der Waals surface area contributed by atoms with Gasteiger partial charge in [-0.05, 0) is 0 Å². The Labute approximate surface area is 107 Å². The maximum absolute atomic E-state index is 5.04.